The van der Waals surface area contributed by atoms with Crippen LogP contribution in [-0.2, 0) is 6.42 Å². The van der Waals surface area contributed by atoms with Crippen LogP contribution in [0.25, 0.3) is 17.1 Å². The van der Waals surface area contributed by atoms with Crippen LogP contribution in [-0.4, -0.2) is 58.7 Å². The number of ether oxygens (including phenoxy) is 1. The molecule has 11 nitrogen and oxygen atoms in total. The van der Waals surface area contributed by atoms with Crippen molar-refractivity contribution in [1.82, 2.24) is 39.7 Å². The minimum Gasteiger partial charge on any atom is -0.433 e. The van der Waals surface area contributed by atoms with E-state index < -0.39 is 18.6 Å². The molecule has 6 heterocycles. The predicted octanol–water partition coefficient (Wildman–Crippen LogP) is 2.89. The monoisotopic (exact) mass is 478 g/mol. The number of aromatic nitrogens is 7. The third kappa shape index (κ3) is 3.66. The molecule has 35 heavy (non-hydrogen) atoms. The Bertz CT molecular complexity index is 1510. The van der Waals surface area contributed by atoms with E-state index in [2.05, 4.69) is 35.0 Å². The highest BCUT2D eigenvalue weighted by Crippen LogP contribution is 2.35. The Morgan fingerprint density at radius 2 is 2.11 bits per heavy atom. The third-order valence-electron chi connectivity index (χ3n) is 5.66. The van der Waals surface area contributed by atoms with Gasteiger partial charge in [-0.15, -0.1) is 10.2 Å². The molecular formula is C22H16F2N8O3. The quantitative estimate of drug-likeness (QED) is 0.409. The molecule has 1 aliphatic heterocycles. The molecule has 0 radical (unpaired) electrons. The van der Waals surface area contributed by atoms with Gasteiger partial charge in [-0.2, -0.15) is 13.9 Å². The van der Waals surface area contributed by atoms with Crippen LogP contribution in [0.2, 0.25) is 0 Å². The number of hydrogen-bond acceptors (Lipinski definition) is 8. The van der Waals surface area contributed by atoms with E-state index in [1.807, 2.05) is 0 Å². The fourth-order valence-electron chi connectivity index (χ4n) is 4.16. The summed E-state index contributed by atoms with van der Waals surface area (Å²) in [7, 11) is 0. The predicted molar refractivity (Wildman–Crippen MR) is 115 cm³/mol. The maximum Gasteiger partial charge on any atom is 0.387 e. The van der Waals surface area contributed by atoms with Crippen LogP contribution in [0.5, 0.6) is 5.75 Å². The van der Waals surface area contributed by atoms with E-state index in [9.17, 15) is 13.6 Å². The number of alkyl halides is 2. The zero-order chi connectivity index (χ0) is 23.9. The third-order valence-corrected chi connectivity index (χ3v) is 5.66. The summed E-state index contributed by atoms with van der Waals surface area (Å²) >= 11 is 0. The Hall–Kier alpha value is -4.68. The van der Waals surface area contributed by atoms with Crippen LogP contribution in [0, 0.1) is 0 Å². The Kier molecular flexibility index (Phi) is 4.94. The molecule has 176 valence electrons. The molecule has 0 aromatic carbocycles. The fraction of sp³-hybridized carbons (Fsp3) is 0.182. The van der Waals surface area contributed by atoms with Crippen LogP contribution in [0.4, 0.5) is 8.78 Å². The number of aromatic amines is 1. The lowest BCUT2D eigenvalue weighted by atomic mass is 9.99. The van der Waals surface area contributed by atoms with Crippen molar-refractivity contribution >= 4 is 11.4 Å². The lowest BCUT2D eigenvalue weighted by molar-refractivity contribution is -0.0490. The van der Waals surface area contributed by atoms with E-state index in [4.69, 9.17) is 4.42 Å². The van der Waals surface area contributed by atoms with Crippen LogP contribution in [0.15, 0.2) is 59.5 Å². The van der Waals surface area contributed by atoms with Gasteiger partial charge in [0.2, 0.25) is 0 Å². The summed E-state index contributed by atoms with van der Waals surface area (Å²) in [6.07, 6.45) is 5.25. The minimum absolute atomic E-state index is 0.0332. The van der Waals surface area contributed by atoms with Gasteiger partial charge in [-0.1, -0.05) is 6.07 Å². The summed E-state index contributed by atoms with van der Waals surface area (Å²) in [5.74, 6) is -0.641. The summed E-state index contributed by atoms with van der Waals surface area (Å²) < 4.78 is 37.5. The minimum atomic E-state index is -2.99. The topological polar surface area (TPSA) is 127 Å². The first-order valence-corrected chi connectivity index (χ1v) is 10.6. The van der Waals surface area contributed by atoms with Crippen molar-refractivity contribution in [2.24, 2.45) is 0 Å². The van der Waals surface area contributed by atoms with Crippen molar-refractivity contribution in [1.29, 1.82) is 0 Å². The van der Waals surface area contributed by atoms with Crippen LogP contribution < -0.4 is 4.74 Å². The molecule has 13 heteroatoms. The van der Waals surface area contributed by atoms with Crippen molar-refractivity contribution in [2.45, 2.75) is 19.1 Å². The molecule has 1 atom stereocenters. The van der Waals surface area contributed by atoms with Crippen molar-refractivity contribution in [2.75, 3.05) is 6.54 Å². The van der Waals surface area contributed by atoms with Gasteiger partial charge in [0.15, 0.2) is 5.75 Å². The number of pyridine rings is 2. The first-order valence-electron chi connectivity index (χ1n) is 10.6. The molecule has 1 amide bonds. The largest absolute Gasteiger partial charge is 0.433 e. The Morgan fingerprint density at radius 1 is 1.20 bits per heavy atom. The first kappa shape index (κ1) is 20.9. The van der Waals surface area contributed by atoms with Gasteiger partial charge in [0.1, 0.15) is 17.3 Å². The van der Waals surface area contributed by atoms with Crippen LogP contribution in [0.3, 0.4) is 0 Å². The number of hydrogen-bond donors (Lipinski definition) is 1. The zero-order valence-corrected chi connectivity index (χ0v) is 17.9. The van der Waals surface area contributed by atoms with Gasteiger partial charge >= 0.3 is 18.4 Å². The number of nitrogens with one attached hydrogen (secondary N) is 1. The second-order valence-corrected chi connectivity index (χ2v) is 7.69. The first-order chi connectivity index (χ1) is 17.1. The van der Waals surface area contributed by atoms with E-state index in [0.717, 1.165) is 5.69 Å². The van der Waals surface area contributed by atoms with Gasteiger partial charge < -0.3 is 19.0 Å². The second kappa shape index (κ2) is 8.27. The number of imidazole rings is 1. The molecule has 0 saturated carbocycles. The number of carbonyl (C=O) groups is 1. The number of nitrogens with zero attached hydrogens (tertiary/aromatic N) is 7. The Balaban J connectivity index is 1.40. The Morgan fingerprint density at radius 3 is 2.94 bits per heavy atom. The maximum atomic E-state index is 13.5. The van der Waals surface area contributed by atoms with E-state index >= 15 is 0 Å². The van der Waals surface area contributed by atoms with Crippen molar-refractivity contribution in [3.05, 3.63) is 78.1 Å². The highest BCUT2D eigenvalue weighted by molar-refractivity contribution is 5.90. The van der Waals surface area contributed by atoms with Gasteiger partial charge in [-0.25, -0.2) is 9.50 Å². The molecule has 1 unspecified atom stereocenters. The summed E-state index contributed by atoms with van der Waals surface area (Å²) in [6, 6.07) is 9.05. The molecule has 0 bridgehead atoms. The molecule has 1 aliphatic rings. The molecule has 0 saturated heterocycles. The second-order valence-electron chi connectivity index (χ2n) is 7.69. The Labute approximate surface area is 195 Å². The number of carbonyl (C=O) groups excluding carboxylic acids is 1. The van der Waals surface area contributed by atoms with E-state index in [1.54, 1.807) is 49.1 Å². The smallest absolute Gasteiger partial charge is 0.387 e. The summed E-state index contributed by atoms with van der Waals surface area (Å²) in [4.78, 5) is 26.7. The van der Waals surface area contributed by atoms with Gasteiger partial charge in [0, 0.05) is 31.1 Å². The number of fused-ring (bicyclic) bond motifs is 2. The van der Waals surface area contributed by atoms with E-state index in [-0.39, 0.29) is 17.5 Å². The lowest BCUT2D eigenvalue weighted by Gasteiger charge is -2.32. The number of amides is 1. The average molecular weight is 478 g/mol. The van der Waals surface area contributed by atoms with Gasteiger partial charge in [-0.05, 0) is 30.3 Å². The molecule has 0 fully saturated rings. The van der Waals surface area contributed by atoms with E-state index in [1.165, 1.54) is 15.5 Å². The molecule has 5 aromatic rings. The van der Waals surface area contributed by atoms with Crippen molar-refractivity contribution in [3.8, 4) is 17.3 Å². The van der Waals surface area contributed by atoms with Crippen molar-refractivity contribution < 1.29 is 22.7 Å². The molecule has 5 aromatic heterocycles. The summed E-state index contributed by atoms with van der Waals surface area (Å²) in [6.45, 7) is -2.68. The summed E-state index contributed by atoms with van der Waals surface area (Å²) in [5, 5.41) is 12.4. The van der Waals surface area contributed by atoms with Gasteiger partial charge in [0.25, 0.3) is 5.89 Å². The zero-order valence-electron chi connectivity index (χ0n) is 17.9. The molecular weight excluding hydrogens is 462 g/mol. The molecule has 0 aliphatic carbocycles. The average Bonchev–Trinajstić information content (AvgIpc) is 3.63. The standard InChI is InChI=1S/C22H16F2N8O3/c23-22(24)34-16-5-3-8-32-15(16)10-14(30-32)18-17-12(26-11-27-17)6-9-31(18)21(33)20-29-28-19(35-20)13-4-1-2-7-25-13/h1-5,7-8,10-11,18,22H,6,9H2,(H,26,27). The highest BCUT2D eigenvalue weighted by Gasteiger charge is 2.38. The van der Waals surface area contributed by atoms with Gasteiger partial charge in [-0.3, -0.25) is 9.78 Å². The van der Waals surface area contributed by atoms with Crippen molar-refractivity contribution in [3.63, 3.8) is 0 Å². The van der Waals surface area contributed by atoms with Crippen LogP contribution in [0.1, 0.15) is 33.8 Å². The highest BCUT2D eigenvalue weighted by atomic mass is 19.3. The molecule has 1 N–H and O–H groups in total. The van der Waals surface area contributed by atoms with Crippen LogP contribution >= 0.6 is 0 Å². The normalized spacial score (nSPS) is 15.5. The van der Waals surface area contributed by atoms with Gasteiger partial charge in [0.05, 0.1) is 17.7 Å². The lowest BCUT2D eigenvalue weighted by Crippen LogP contribution is -2.41. The molecule has 6 rings (SSSR count). The van der Waals surface area contributed by atoms with E-state index in [0.29, 0.717) is 35.6 Å². The number of H-pyrrole nitrogens is 1. The number of rotatable bonds is 5. The summed E-state index contributed by atoms with van der Waals surface area (Å²) in [5.41, 5.74) is 2.62. The SMILES string of the molecule is O=C(c1nnc(-c2ccccn2)o1)N1CCc2[nH]cnc2C1c1cc2c(OC(F)F)cccn2n1. The molecule has 0 spiro atoms. The fourth-order valence-corrected chi connectivity index (χ4v) is 4.16. The number of halogens is 2. The maximum absolute atomic E-state index is 13.5.